The van der Waals surface area contributed by atoms with Crippen molar-refractivity contribution in [2.45, 2.75) is 49.9 Å². The van der Waals surface area contributed by atoms with E-state index in [1.165, 1.54) is 13.1 Å². The molecule has 1 saturated carbocycles. The van der Waals surface area contributed by atoms with Gasteiger partial charge in [-0.25, -0.2) is 24.2 Å². The Balaban J connectivity index is 1.17. The third kappa shape index (κ3) is 4.22. The van der Waals surface area contributed by atoms with Gasteiger partial charge in [-0.15, -0.1) is 0 Å². The number of nitrogens with one attached hydrogen (secondary N) is 3. The van der Waals surface area contributed by atoms with Gasteiger partial charge >= 0.3 is 0 Å². The fourth-order valence-corrected chi connectivity index (χ4v) is 5.76. The van der Waals surface area contributed by atoms with Gasteiger partial charge in [-0.1, -0.05) is 0 Å². The Bertz CT molecular complexity index is 945. The normalized spacial score (nSPS) is 34.4. The average molecular weight is 482 g/mol. The lowest BCUT2D eigenvalue weighted by Gasteiger charge is -2.49. The fourth-order valence-electron chi connectivity index (χ4n) is 5.76. The molecule has 6 atom stereocenters. The number of halogens is 3. The molecule has 4 aliphatic rings. The molecule has 3 N–H and O–H groups in total. The lowest BCUT2D eigenvalue weighted by molar-refractivity contribution is -0.138. The van der Waals surface area contributed by atoms with Crippen LogP contribution in [0.3, 0.4) is 0 Å². The van der Waals surface area contributed by atoms with Crippen LogP contribution in [0.25, 0.3) is 0 Å². The van der Waals surface area contributed by atoms with Crippen molar-refractivity contribution in [2.75, 3.05) is 44.7 Å². The minimum Gasteiger partial charge on any atom is -0.365 e. The summed E-state index contributed by atoms with van der Waals surface area (Å²) in [6.07, 6.45) is -1.08. The maximum Gasteiger partial charge on any atom is 0.269 e. The first kappa shape index (κ1) is 23.3. The van der Waals surface area contributed by atoms with Crippen molar-refractivity contribution in [2.24, 2.45) is 5.92 Å². The van der Waals surface area contributed by atoms with Gasteiger partial charge in [-0.2, -0.15) is 4.39 Å². The summed E-state index contributed by atoms with van der Waals surface area (Å²) in [5.74, 6) is -1.68. The van der Waals surface area contributed by atoms with Crippen LogP contribution in [-0.4, -0.2) is 97.1 Å². The molecule has 6 unspecified atom stereocenters. The third-order valence-corrected chi connectivity index (χ3v) is 7.56. The molecule has 0 aromatic carbocycles. The first-order valence-electron chi connectivity index (χ1n) is 11.8. The summed E-state index contributed by atoms with van der Waals surface area (Å²) in [5.41, 5.74) is 3.08. The summed E-state index contributed by atoms with van der Waals surface area (Å²) < 4.78 is 43.8. The highest BCUT2D eigenvalue weighted by atomic mass is 19.1. The molecule has 4 fully saturated rings. The maximum absolute atomic E-state index is 15.5. The zero-order valence-electron chi connectivity index (χ0n) is 19.0. The molecule has 0 bridgehead atoms. The number of hydrazine groups is 1. The minimum absolute atomic E-state index is 0.0271. The third-order valence-electron chi connectivity index (χ3n) is 7.56. The molecular weight excluding hydrogens is 451 g/mol. The van der Waals surface area contributed by atoms with Crippen molar-refractivity contribution in [1.82, 2.24) is 31.0 Å². The van der Waals surface area contributed by atoms with E-state index in [0.29, 0.717) is 51.3 Å². The molecule has 12 heteroatoms. The number of pyridine rings is 1. The lowest BCUT2D eigenvalue weighted by atomic mass is 9.78. The Kier molecular flexibility index (Phi) is 6.38. The van der Waals surface area contributed by atoms with Crippen molar-refractivity contribution < 1.29 is 22.8 Å². The molecule has 9 nitrogen and oxygen atoms in total. The van der Waals surface area contributed by atoms with Crippen molar-refractivity contribution in [3.05, 3.63) is 23.8 Å². The van der Waals surface area contributed by atoms with Crippen LogP contribution in [0.2, 0.25) is 0 Å². The number of aromatic nitrogens is 1. The fraction of sp³-hybridized carbons (Fsp3) is 0.682. The molecule has 186 valence electrons. The van der Waals surface area contributed by atoms with E-state index < -0.39 is 36.4 Å². The van der Waals surface area contributed by atoms with Crippen LogP contribution >= 0.6 is 0 Å². The van der Waals surface area contributed by atoms with Crippen LogP contribution in [0.5, 0.6) is 0 Å². The number of carbonyl (C=O) groups is 2. The number of hydrogen-bond donors (Lipinski definition) is 3. The summed E-state index contributed by atoms with van der Waals surface area (Å²) in [6.45, 7) is 2.94. The predicted molar refractivity (Wildman–Crippen MR) is 118 cm³/mol. The van der Waals surface area contributed by atoms with Gasteiger partial charge in [0.15, 0.2) is 6.30 Å². The van der Waals surface area contributed by atoms with Crippen molar-refractivity contribution in [3.63, 3.8) is 0 Å². The Morgan fingerprint density at radius 3 is 2.68 bits per heavy atom. The average Bonchev–Trinajstić information content (AvgIpc) is 3.24. The number of rotatable bonds is 4. The molecule has 1 aromatic heterocycles. The number of alkyl halides is 2. The van der Waals surface area contributed by atoms with E-state index >= 15 is 4.39 Å². The van der Waals surface area contributed by atoms with Crippen LogP contribution < -0.4 is 21.0 Å². The quantitative estimate of drug-likeness (QED) is 0.418. The van der Waals surface area contributed by atoms with Gasteiger partial charge in [-0.3, -0.25) is 14.5 Å². The van der Waals surface area contributed by atoms with E-state index in [9.17, 15) is 18.4 Å². The lowest BCUT2D eigenvalue weighted by Crippen LogP contribution is -2.70. The van der Waals surface area contributed by atoms with Crippen molar-refractivity contribution in [1.29, 1.82) is 0 Å². The summed E-state index contributed by atoms with van der Waals surface area (Å²) in [7, 11) is 1.46. The molecule has 1 aliphatic carbocycles. The summed E-state index contributed by atoms with van der Waals surface area (Å²) >= 11 is 0. The summed E-state index contributed by atoms with van der Waals surface area (Å²) in [6, 6.07) is 1.59. The van der Waals surface area contributed by atoms with Gasteiger partial charge in [-0.05, 0) is 25.0 Å². The topological polar surface area (TPSA) is 92.8 Å². The molecule has 34 heavy (non-hydrogen) atoms. The highest BCUT2D eigenvalue weighted by molar-refractivity contribution is 5.92. The second kappa shape index (κ2) is 9.31. The molecule has 3 aliphatic heterocycles. The zero-order chi connectivity index (χ0) is 24.0. The van der Waals surface area contributed by atoms with E-state index in [4.69, 9.17) is 0 Å². The summed E-state index contributed by atoms with van der Waals surface area (Å²) in [5, 5.41) is 6.87. The van der Waals surface area contributed by atoms with Crippen LogP contribution in [-0.2, 0) is 4.79 Å². The highest BCUT2D eigenvalue weighted by Gasteiger charge is 2.53. The molecule has 0 radical (unpaired) electrons. The van der Waals surface area contributed by atoms with Crippen LogP contribution in [0.15, 0.2) is 12.1 Å². The first-order chi connectivity index (χ1) is 16.4. The van der Waals surface area contributed by atoms with E-state index in [-0.39, 0.29) is 30.0 Å². The van der Waals surface area contributed by atoms with Gasteiger partial charge in [0.25, 0.3) is 5.91 Å². The SMILES string of the molecule is CNC(=O)c1ccc(N2CCN(CC3CCC4C(NC(=O)C5CC(F)NN54)C3F)CC2)c(F)n1. The smallest absolute Gasteiger partial charge is 0.269 e. The van der Waals surface area contributed by atoms with E-state index in [1.54, 1.807) is 11.1 Å². The number of anilines is 1. The van der Waals surface area contributed by atoms with Crippen LogP contribution in [0, 0.1) is 11.9 Å². The number of hydrogen-bond acceptors (Lipinski definition) is 7. The Labute approximate surface area is 196 Å². The second-order valence-corrected chi connectivity index (χ2v) is 9.51. The molecule has 3 saturated heterocycles. The van der Waals surface area contributed by atoms with Gasteiger partial charge in [0.1, 0.15) is 17.9 Å². The van der Waals surface area contributed by atoms with Crippen LogP contribution in [0.4, 0.5) is 18.9 Å². The minimum atomic E-state index is -1.28. The van der Waals surface area contributed by atoms with Gasteiger partial charge in [0.2, 0.25) is 11.9 Å². The number of piperazine rings is 2. The maximum atomic E-state index is 15.5. The largest absolute Gasteiger partial charge is 0.365 e. The van der Waals surface area contributed by atoms with Gasteiger partial charge < -0.3 is 15.5 Å². The van der Waals surface area contributed by atoms with Crippen LogP contribution in [0.1, 0.15) is 29.8 Å². The Hall–Kier alpha value is -2.44. The number of fused-ring (bicyclic) bond motifs is 3. The molecule has 0 spiro atoms. The number of amides is 2. The summed E-state index contributed by atoms with van der Waals surface area (Å²) in [4.78, 5) is 31.8. The predicted octanol–water partition coefficient (Wildman–Crippen LogP) is 0.192. The second-order valence-electron chi connectivity index (χ2n) is 9.51. The monoisotopic (exact) mass is 481 g/mol. The Morgan fingerprint density at radius 1 is 1.21 bits per heavy atom. The molecule has 5 rings (SSSR count). The zero-order valence-corrected chi connectivity index (χ0v) is 19.0. The van der Waals surface area contributed by atoms with Crippen molar-refractivity contribution >= 4 is 17.5 Å². The molecule has 2 amide bonds. The van der Waals surface area contributed by atoms with Crippen molar-refractivity contribution in [3.8, 4) is 0 Å². The van der Waals surface area contributed by atoms with Gasteiger partial charge in [0, 0.05) is 58.2 Å². The Morgan fingerprint density at radius 2 is 1.97 bits per heavy atom. The van der Waals surface area contributed by atoms with E-state index in [2.05, 4.69) is 25.9 Å². The highest BCUT2D eigenvalue weighted by Crippen LogP contribution is 2.36. The van der Waals surface area contributed by atoms with E-state index in [1.807, 2.05) is 4.90 Å². The first-order valence-corrected chi connectivity index (χ1v) is 11.8. The number of nitrogens with zero attached hydrogens (tertiary/aromatic N) is 4. The molecular formula is C22H30F3N7O2. The van der Waals surface area contributed by atoms with Gasteiger partial charge in [0.05, 0.1) is 11.7 Å². The molecule has 4 heterocycles. The standard InChI is InChI=1S/C22H30F3N7O2/c1-26-21(33)13-3-5-15(20(25)27-13)31-8-6-30(7-9-31)11-12-2-4-14-19(18(12)24)28-22(34)16-10-17(23)29-32(14)16/h3,5,12,14,16-19,29H,2,4,6-11H2,1H3,(H,26,33)(H,28,34). The number of carbonyl (C=O) groups excluding carboxylic acids is 2. The molecule has 1 aromatic rings. The van der Waals surface area contributed by atoms with E-state index in [0.717, 1.165) is 0 Å².